The van der Waals surface area contributed by atoms with Gasteiger partial charge in [0.2, 0.25) is 0 Å². The van der Waals surface area contributed by atoms with Crippen molar-refractivity contribution in [1.29, 1.82) is 0 Å². The van der Waals surface area contributed by atoms with Crippen molar-refractivity contribution in [1.82, 2.24) is 9.13 Å². The van der Waals surface area contributed by atoms with Crippen molar-refractivity contribution in [3.63, 3.8) is 0 Å². The Balaban J connectivity index is 2.52. The lowest BCUT2D eigenvalue weighted by atomic mass is 10.6. The molecule has 1 aromatic heterocycles. The van der Waals surface area contributed by atoms with Gasteiger partial charge in [0.25, 0.3) is 0 Å². The van der Waals surface area contributed by atoms with Crippen LogP contribution in [0.15, 0.2) is 17.2 Å². The van der Waals surface area contributed by atoms with Crippen molar-refractivity contribution in [2.45, 2.75) is 13.5 Å². The monoisotopic (exact) mass is 170 g/mol. The minimum absolute atomic E-state index is 0.00898. The molecule has 4 nitrogen and oxygen atoms in total. The zero-order chi connectivity index (χ0) is 8.97. The van der Waals surface area contributed by atoms with Crippen LogP contribution in [0.4, 0.5) is 0 Å². The molecular formula is C8H14N2O2. The van der Waals surface area contributed by atoms with Crippen molar-refractivity contribution >= 4 is 0 Å². The minimum Gasteiger partial charge on any atom is -0.380 e. The molecule has 0 N–H and O–H groups in total. The third-order valence-corrected chi connectivity index (χ3v) is 1.70. The fraction of sp³-hybridized carbons (Fsp3) is 0.625. The molecule has 0 atom stereocenters. The van der Waals surface area contributed by atoms with Crippen molar-refractivity contribution in [3.8, 4) is 0 Å². The van der Waals surface area contributed by atoms with E-state index in [9.17, 15) is 4.79 Å². The molecule has 0 aromatic carbocycles. The zero-order valence-electron chi connectivity index (χ0n) is 7.49. The van der Waals surface area contributed by atoms with Crippen LogP contribution in [-0.2, 0) is 18.3 Å². The Labute approximate surface area is 71.4 Å². The summed E-state index contributed by atoms with van der Waals surface area (Å²) in [7, 11) is 1.74. The van der Waals surface area contributed by atoms with Gasteiger partial charge >= 0.3 is 5.69 Å². The molecule has 1 heterocycles. The fourth-order valence-corrected chi connectivity index (χ4v) is 0.988. The molecule has 0 amide bonds. The molecule has 0 aliphatic heterocycles. The van der Waals surface area contributed by atoms with Gasteiger partial charge in [0, 0.05) is 26.0 Å². The van der Waals surface area contributed by atoms with Crippen molar-refractivity contribution in [2.75, 3.05) is 13.2 Å². The number of imidazole rings is 1. The molecule has 68 valence electrons. The van der Waals surface area contributed by atoms with Crippen LogP contribution in [0.3, 0.4) is 0 Å². The second-order valence-electron chi connectivity index (χ2n) is 2.58. The van der Waals surface area contributed by atoms with Gasteiger partial charge < -0.3 is 9.30 Å². The van der Waals surface area contributed by atoms with Crippen LogP contribution < -0.4 is 5.69 Å². The standard InChI is InChI=1S/C8H14N2O2/c1-3-12-7-6-10-5-4-9(2)8(10)11/h4-5H,3,6-7H2,1-2H3. The second kappa shape index (κ2) is 4.11. The van der Waals surface area contributed by atoms with Crippen LogP contribution in [0.5, 0.6) is 0 Å². The number of aromatic nitrogens is 2. The molecule has 0 spiro atoms. The molecule has 0 unspecified atom stereocenters. The van der Waals surface area contributed by atoms with E-state index in [1.807, 2.05) is 6.92 Å². The first-order valence-electron chi connectivity index (χ1n) is 4.05. The number of nitrogens with zero attached hydrogens (tertiary/aromatic N) is 2. The van der Waals surface area contributed by atoms with Crippen LogP contribution in [0, 0.1) is 0 Å². The summed E-state index contributed by atoms with van der Waals surface area (Å²) in [4.78, 5) is 11.2. The summed E-state index contributed by atoms with van der Waals surface area (Å²) in [5, 5.41) is 0. The molecule has 0 radical (unpaired) electrons. The summed E-state index contributed by atoms with van der Waals surface area (Å²) in [6.07, 6.45) is 3.51. The van der Waals surface area contributed by atoms with E-state index in [-0.39, 0.29) is 5.69 Å². The highest BCUT2D eigenvalue weighted by atomic mass is 16.5. The lowest BCUT2D eigenvalue weighted by molar-refractivity contribution is 0.138. The number of ether oxygens (including phenoxy) is 1. The van der Waals surface area contributed by atoms with Gasteiger partial charge in [-0.25, -0.2) is 4.79 Å². The van der Waals surface area contributed by atoms with E-state index in [1.54, 1.807) is 28.6 Å². The van der Waals surface area contributed by atoms with E-state index in [1.165, 1.54) is 0 Å². The predicted molar refractivity (Wildman–Crippen MR) is 46.2 cm³/mol. The van der Waals surface area contributed by atoms with Gasteiger partial charge in [-0.1, -0.05) is 0 Å². The first-order chi connectivity index (χ1) is 5.75. The fourth-order valence-electron chi connectivity index (χ4n) is 0.988. The van der Waals surface area contributed by atoms with E-state index >= 15 is 0 Å². The quantitative estimate of drug-likeness (QED) is 0.606. The molecule has 0 saturated carbocycles. The molecule has 0 fully saturated rings. The van der Waals surface area contributed by atoms with Crippen LogP contribution in [0.1, 0.15) is 6.92 Å². The Morgan fingerprint density at radius 3 is 2.75 bits per heavy atom. The zero-order valence-corrected chi connectivity index (χ0v) is 7.49. The van der Waals surface area contributed by atoms with Crippen molar-refractivity contribution in [3.05, 3.63) is 22.9 Å². The van der Waals surface area contributed by atoms with Crippen LogP contribution in [0.25, 0.3) is 0 Å². The summed E-state index contributed by atoms with van der Waals surface area (Å²) in [5.41, 5.74) is 0.00898. The average molecular weight is 170 g/mol. The Kier molecular flexibility index (Phi) is 3.10. The topological polar surface area (TPSA) is 36.2 Å². The Bertz CT molecular complexity index is 287. The maximum atomic E-state index is 11.2. The number of hydrogen-bond acceptors (Lipinski definition) is 2. The molecule has 12 heavy (non-hydrogen) atoms. The smallest absolute Gasteiger partial charge is 0.327 e. The van der Waals surface area contributed by atoms with Gasteiger partial charge in [-0.3, -0.25) is 4.57 Å². The van der Waals surface area contributed by atoms with Gasteiger partial charge in [0.1, 0.15) is 0 Å². The number of aryl methyl sites for hydroxylation is 1. The molecule has 1 rings (SSSR count). The van der Waals surface area contributed by atoms with Gasteiger partial charge in [-0.2, -0.15) is 0 Å². The highest BCUT2D eigenvalue weighted by Crippen LogP contribution is 1.83. The maximum Gasteiger partial charge on any atom is 0.327 e. The first kappa shape index (κ1) is 9.06. The summed E-state index contributed by atoms with van der Waals surface area (Å²) in [5.74, 6) is 0. The highest BCUT2D eigenvalue weighted by molar-refractivity contribution is 4.79. The van der Waals surface area contributed by atoms with Crippen LogP contribution in [0.2, 0.25) is 0 Å². The third-order valence-electron chi connectivity index (χ3n) is 1.70. The molecular weight excluding hydrogens is 156 g/mol. The third kappa shape index (κ3) is 1.98. The maximum absolute atomic E-state index is 11.2. The normalized spacial score (nSPS) is 10.5. The first-order valence-corrected chi connectivity index (χ1v) is 4.05. The van der Waals surface area contributed by atoms with E-state index in [2.05, 4.69) is 0 Å². The summed E-state index contributed by atoms with van der Waals surface area (Å²) in [6, 6.07) is 0. The predicted octanol–water partition coefficient (Wildman–Crippen LogP) is 0.223. The molecule has 0 saturated heterocycles. The van der Waals surface area contributed by atoms with E-state index in [4.69, 9.17) is 4.74 Å². The Morgan fingerprint density at radius 2 is 2.25 bits per heavy atom. The number of rotatable bonds is 4. The summed E-state index contributed by atoms with van der Waals surface area (Å²) in [6.45, 7) is 3.86. The lowest BCUT2D eigenvalue weighted by Gasteiger charge is -2.00. The van der Waals surface area contributed by atoms with Gasteiger partial charge in [-0.05, 0) is 6.92 Å². The molecule has 4 heteroatoms. The van der Waals surface area contributed by atoms with E-state index < -0.39 is 0 Å². The van der Waals surface area contributed by atoms with Crippen molar-refractivity contribution < 1.29 is 4.74 Å². The molecule has 0 aliphatic carbocycles. The highest BCUT2D eigenvalue weighted by Gasteiger charge is 1.97. The average Bonchev–Trinajstić information content (AvgIpc) is 2.36. The molecule has 1 aromatic rings. The van der Waals surface area contributed by atoms with E-state index in [0.717, 1.165) is 0 Å². The lowest BCUT2D eigenvalue weighted by Crippen LogP contribution is -2.23. The number of hydrogen-bond donors (Lipinski definition) is 0. The molecule has 0 bridgehead atoms. The van der Waals surface area contributed by atoms with Gasteiger partial charge in [0.15, 0.2) is 0 Å². The van der Waals surface area contributed by atoms with Gasteiger partial charge in [-0.15, -0.1) is 0 Å². The van der Waals surface area contributed by atoms with Crippen molar-refractivity contribution in [2.24, 2.45) is 7.05 Å². The molecule has 0 aliphatic rings. The largest absolute Gasteiger partial charge is 0.380 e. The Hall–Kier alpha value is -1.03. The van der Waals surface area contributed by atoms with Crippen LogP contribution >= 0.6 is 0 Å². The van der Waals surface area contributed by atoms with Crippen LogP contribution in [-0.4, -0.2) is 22.3 Å². The van der Waals surface area contributed by atoms with E-state index in [0.29, 0.717) is 19.8 Å². The second-order valence-corrected chi connectivity index (χ2v) is 2.58. The minimum atomic E-state index is 0.00898. The summed E-state index contributed by atoms with van der Waals surface area (Å²) >= 11 is 0. The summed E-state index contributed by atoms with van der Waals surface area (Å²) < 4.78 is 8.31. The SMILES string of the molecule is CCOCCn1ccn(C)c1=O. The van der Waals surface area contributed by atoms with Gasteiger partial charge in [0.05, 0.1) is 13.2 Å². The Morgan fingerprint density at radius 1 is 1.50 bits per heavy atom.